The number of thiazole rings is 1. The quantitative estimate of drug-likeness (QED) is 0.514. The van der Waals surface area contributed by atoms with E-state index in [0.29, 0.717) is 27.4 Å². The molecule has 0 aliphatic heterocycles. The normalized spacial score (nSPS) is 10.7. The minimum absolute atomic E-state index is 0.0485. The number of thioether (sulfide) groups is 1. The molecule has 1 heterocycles. The highest BCUT2D eigenvalue weighted by molar-refractivity contribution is 7.99. The molecule has 0 unspecified atom stereocenters. The molecule has 0 fully saturated rings. The molecule has 0 radical (unpaired) electrons. The second-order valence-corrected chi connectivity index (χ2v) is 8.52. The number of anilines is 1. The van der Waals surface area contributed by atoms with E-state index in [1.54, 1.807) is 30.1 Å². The first-order valence-electron chi connectivity index (χ1n) is 7.90. The van der Waals surface area contributed by atoms with Gasteiger partial charge in [-0.2, -0.15) is 0 Å². The van der Waals surface area contributed by atoms with Crippen molar-refractivity contribution in [3.63, 3.8) is 0 Å². The Kier molecular flexibility index (Phi) is 6.97. The molecule has 0 bridgehead atoms. The Balaban J connectivity index is 1.50. The Labute approximate surface area is 170 Å². The summed E-state index contributed by atoms with van der Waals surface area (Å²) in [7, 11) is 0. The Bertz CT molecular complexity index is 884. The van der Waals surface area contributed by atoms with E-state index in [9.17, 15) is 4.79 Å². The molecule has 0 aliphatic carbocycles. The highest BCUT2D eigenvalue weighted by atomic mass is 35.5. The van der Waals surface area contributed by atoms with E-state index in [2.05, 4.69) is 22.4 Å². The second-order valence-electron chi connectivity index (χ2n) is 5.57. The standard InChI is InChI=1S/C19H16Cl2N2OS2/c20-15-6-7-17(21)14(8-15)9-16-10-22-19(26-16)23-18(24)12-25-11-13-4-2-1-3-5-13/h1-8,10H,9,11-12H2,(H,22,23,24). The van der Waals surface area contributed by atoms with Crippen molar-refractivity contribution in [2.24, 2.45) is 0 Å². The van der Waals surface area contributed by atoms with Crippen LogP contribution in [-0.2, 0) is 17.0 Å². The lowest BCUT2D eigenvalue weighted by Gasteiger charge is -2.03. The number of aromatic nitrogens is 1. The van der Waals surface area contributed by atoms with Crippen molar-refractivity contribution in [3.05, 3.63) is 80.8 Å². The molecule has 3 rings (SSSR count). The minimum Gasteiger partial charge on any atom is -0.301 e. The zero-order valence-corrected chi connectivity index (χ0v) is 16.9. The van der Waals surface area contributed by atoms with Gasteiger partial charge >= 0.3 is 0 Å². The molecule has 1 N–H and O–H groups in total. The molecule has 0 atom stereocenters. The fourth-order valence-corrected chi connectivity index (χ4v) is 4.32. The van der Waals surface area contributed by atoms with Crippen molar-refractivity contribution in [3.8, 4) is 0 Å². The zero-order chi connectivity index (χ0) is 18.4. The summed E-state index contributed by atoms with van der Waals surface area (Å²) in [6, 6.07) is 15.5. The molecule has 0 spiro atoms. The molecule has 1 aromatic heterocycles. The van der Waals surface area contributed by atoms with E-state index >= 15 is 0 Å². The number of benzene rings is 2. The van der Waals surface area contributed by atoms with E-state index in [1.807, 2.05) is 24.3 Å². The van der Waals surface area contributed by atoms with E-state index in [-0.39, 0.29) is 5.91 Å². The van der Waals surface area contributed by atoms with Gasteiger partial charge in [-0.25, -0.2) is 4.98 Å². The number of carbonyl (C=O) groups excluding carboxylic acids is 1. The van der Waals surface area contributed by atoms with Crippen LogP contribution in [0, 0.1) is 0 Å². The molecule has 1 amide bonds. The van der Waals surface area contributed by atoms with Crippen molar-refractivity contribution in [1.29, 1.82) is 0 Å². The maximum Gasteiger partial charge on any atom is 0.236 e. The lowest BCUT2D eigenvalue weighted by Crippen LogP contribution is -2.13. The Morgan fingerprint density at radius 1 is 1.15 bits per heavy atom. The maximum atomic E-state index is 12.1. The van der Waals surface area contributed by atoms with E-state index in [1.165, 1.54) is 16.9 Å². The molecule has 7 heteroatoms. The van der Waals surface area contributed by atoms with Gasteiger partial charge in [0.15, 0.2) is 5.13 Å². The van der Waals surface area contributed by atoms with Crippen LogP contribution in [0.4, 0.5) is 5.13 Å². The van der Waals surface area contributed by atoms with Crippen LogP contribution in [0.25, 0.3) is 0 Å². The zero-order valence-electron chi connectivity index (χ0n) is 13.7. The first kappa shape index (κ1) is 19.2. The first-order chi connectivity index (χ1) is 12.6. The van der Waals surface area contributed by atoms with Gasteiger partial charge in [-0.1, -0.05) is 53.5 Å². The van der Waals surface area contributed by atoms with Crippen LogP contribution in [0.5, 0.6) is 0 Å². The number of nitrogens with zero attached hydrogens (tertiary/aromatic N) is 1. The van der Waals surface area contributed by atoms with Gasteiger partial charge in [-0.15, -0.1) is 23.1 Å². The topological polar surface area (TPSA) is 42.0 Å². The Hall–Kier alpha value is -1.53. The highest BCUT2D eigenvalue weighted by Crippen LogP contribution is 2.27. The maximum absolute atomic E-state index is 12.1. The van der Waals surface area contributed by atoms with Gasteiger partial charge < -0.3 is 5.32 Å². The largest absolute Gasteiger partial charge is 0.301 e. The summed E-state index contributed by atoms with van der Waals surface area (Å²) in [5.41, 5.74) is 2.15. The second kappa shape index (κ2) is 9.42. The van der Waals surface area contributed by atoms with E-state index < -0.39 is 0 Å². The number of rotatable bonds is 7. The third kappa shape index (κ3) is 5.74. The van der Waals surface area contributed by atoms with E-state index in [4.69, 9.17) is 23.2 Å². The SMILES string of the molecule is O=C(CSCc1ccccc1)Nc1ncc(Cc2cc(Cl)ccc2Cl)s1. The molecular formula is C19H16Cl2N2OS2. The van der Waals surface area contributed by atoms with Crippen molar-refractivity contribution < 1.29 is 4.79 Å². The number of hydrogen-bond donors (Lipinski definition) is 1. The van der Waals surface area contributed by atoms with Gasteiger partial charge in [0.2, 0.25) is 5.91 Å². The monoisotopic (exact) mass is 422 g/mol. The summed E-state index contributed by atoms with van der Waals surface area (Å²) in [6.45, 7) is 0. The minimum atomic E-state index is -0.0485. The smallest absolute Gasteiger partial charge is 0.236 e. The molecule has 0 saturated heterocycles. The van der Waals surface area contributed by atoms with Crippen LogP contribution < -0.4 is 5.32 Å². The molecule has 3 nitrogen and oxygen atoms in total. The summed E-state index contributed by atoms with van der Waals surface area (Å²) in [6.07, 6.45) is 2.39. The van der Waals surface area contributed by atoms with Crippen molar-refractivity contribution in [2.45, 2.75) is 12.2 Å². The fraction of sp³-hybridized carbons (Fsp3) is 0.158. The average molecular weight is 423 g/mol. The molecular weight excluding hydrogens is 407 g/mol. The molecule has 0 saturated carbocycles. The van der Waals surface area contributed by atoms with Crippen LogP contribution in [0.3, 0.4) is 0 Å². The first-order valence-corrected chi connectivity index (χ1v) is 10.6. The molecule has 26 heavy (non-hydrogen) atoms. The fourth-order valence-electron chi connectivity index (χ4n) is 2.30. The third-order valence-electron chi connectivity index (χ3n) is 3.52. The third-order valence-corrected chi connectivity index (χ3v) is 6.04. The number of hydrogen-bond acceptors (Lipinski definition) is 4. The molecule has 134 valence electrons. The predicted octanol–water partition coefficient (Wildman–Crippen LogP) is 5.91. The number of nitrogens with one attached hydrogen (secondary N) is 1. The number of carbonyl (C=O) groups is 1. The molecule has 0 aliphatic rings. The van der Waals surface area contributed by atoms with Gasteiger partial charge in [0, 0.05) is 33.3 Å². The summed E-state index contributed by atoms with van der Waals surface area (Å²) in [5.74, 6) is 1.15. The van der Waals surface area contributed by atoms with Gasteiger partial charge in [0.05, 0.1) is 5.75 Å². The van der Waals surface area contributed by atoms with E-state index in [0.717, 1.165) is 16.2 Å². The lowest BCUT2D eigenvalue weighted by molar-refractivity contribution is -0.113. The summed E-state index contributed by atoms with van der Waals surface area (Å²) < 4.78 is 0. The summed E-state index contributed by atoms with van der Waals surface area (Å²) >= 11 is 15.2. The van der Waals surface area contributed by atoms with Crippen molar-refractivity contribution in [2.75, 3.05) is 11.1 Å². The Morgan fingerprint density at radius 3 is 2.77 bits per heavy atom. The van der Waals surface area contributed by atoms with Crippen LogP contribution in [0.1, 0.15) is 16.0 Å². The van der Waals surface area contributed by atoms with Crippen LogP contribution in [-0.4, -0.2) is 16.6 Å². The van der Waals surface area contributed by atoms with Gasteiger partial charge in [0.1, 0.15) is 0 Å². The van der Waals surface area contributed by atoms with Crippen molar-refractivity contribution >= 4 is 57.3 Å². The predicted molar refractivity (Wildman–Crippen MR) is 113 cm³/mol. The van der Waals surface area contributed by atoms with Crippen LogP contribution in [0.15, 0.2) is 54.7 Å². The number of halogens is 2. The average Bonchev–Trinajstić information content (AvgIpc) is 3.06. The van der Waals surface area contributed by atoms with Crippen molar-refractivity contribution in [1.82, 2.24) is 4.98 Å². The highest BCUT2D eigenvalue weighted by Gasteiger charge is 2.09. The summed E-state index contributed by atoms with van der Waals surface area (Å²) in [4.78, 5) is 17.4. The van der Waals surface area contributed by atoms with Gasteiger partial charge in [-0.3, -0.25) is 4.79 Å². The summed E-state index contributed by atoms with van der Waals surface area (Å²) in [5, 5.41) is 4.77. The lowest BCUT2D eigenvalue weighted by atomic mass is 10.1. The Morgan fingerprint density at radius 2 is 1.96 bits per heavy atom. The van der Waals surface area contributed by atoms with Gasteiger partial charge in [-0.05, 0) is 29.3 Å². The van der Waals surface area contributed by atoms with Crippen LogP contribution >= 0.6 is 46.3 Å². The van der Waals surface area contributed by atoms with Gasteiger partial charge in [0.25, 0.3) is 0 Å². The molecule has 2 aromatic carbocycles. The molecule has 3 aromatic rings. The van der Waals surface area contributed by atoms with Crippen LogP contribution in [0.2, 0.25) is 10.0 Å². The number of amides is 1.